The molecule has 0 aliphatic carbocycles. The Balaban J connectivity index is 1.97. The van der Waals surface area contributed by atoms with Gasteiger partial charge in [0.15, 0.2) is 11.5 Å². The maximum Gasteiger partial charge on any atom is 0.231 e. The number of benzene rings is 1. The van der Waals surface area contributed by atoms with E-state index in [1.54, 1.807) is 7.11 Å². The summed E-state index contributed by atoms with van der Waals surface area (Å²) in [5, 5.41) is 3.33. The standard InChI is InChI=1S/C12H16BrNO3/c1-8(15-2)5-14-6-9-3-11-12(4-10(9)13)17-7-16-11/h3-4,8,14H,5-7H2,1-2H3. The Labute approximate surface area is 109 Å². The summed E-state index contributed by atoms with van der Waals surface area (Å²) in [4.78, 5) is 0. The number of hydrogen-bond donors (Lipinski definition) is 1. The minimum Gasteiger partial charge on any atom is -0.454 e. The minimum atomic E-state index is 0.211. The van der Waals surface area contributed by atoms with Crippen molar-refractivity contribution >= 4 is 15.9 Å². The SMILES string of the molecule is COC(C)CNCc1cc2c(cc1Br)OCO2. The van der Waals surface area contributed by atoms with Crippen LogP contribution in [0.1, 0.15) is 12.5 Å². The van der Waals surface area contributed by atoms with Gasteiger partial charge < -0.3 is 19.5 Å². The summed E-state index contributed by atoms with van der Waals surface area (Å²) in [6.45, 7) is 3.92. The molecule has 94 valence electrons. The Morgan fingerprint density at radius 3 is 2.82 bits per heavy atom. The Hall–Kier alpha value is -0.780. The molecule has 0 radical (unpaired) electrons. The van der Waals surface area contributed by atoms with Gasteiger partial charge >= 0.3 is 0 Å². The molecule has 1 aliphatic rings. The lowest BCUT2D eigenvalue weighted by Gasteiger charge is -2.12. The molecule has 0 amide bonds. The van der Waals surface area contributed by atoms with Crippen molar-refractivity contribution in [2.24, 2.45) is 0 Å². The number of fused-ring (bicyclic) bond motifs is 1. The van der Waals surface area contributed by atoms with Crippen LogP contribution < -0.4 is 14.8 Å². The Morgan fingerprint density at radius 2 is 2.12 bits per heavy atom. The van der Waals surface area contributed by atoms with Gasteiger partial charge in [-0.05, 0) is 24.6 Å². The monoisotopic (exact) mass is 301 g/mol. The van der Waals surface area contributed by atoms with Crippen LogP contribution in [0.25, 0.3) is 0 Å². The lowest BCUT2D eigenvalue weighted by Crippen LogP contribution is -2.25. The number of nitrogens with one attached hydrogen (secondary N) is 1. The molecule has 1 aromatic rings. The highest BCUT2D eigenvalue weighted by molar-refractivity contribution is 9.10. The summed E-state index contributed by atoms with van der Waals surface area (Å²) in [6.07, 6.45) is 0.211. The third-order valence-corrected chi connectivity index (χ3v) is 3.43. The first-order chi connectivity index (χ1) is 8.20. The van der Waals surface area contributed by atoms with Gasteiger partial charge in [-0.1, -0.05) is 15.9 Å². The molecular formula is C12H16BrNO3. The first kappa shape index (κ1) is 12.7. The van der Waals surface area contributed by atoms with Crippen molar-refractivity contribution in [2.75, 3.05) is 20.4 Å². The third-order valence-electron chi connectivity index (χ3n) is 2.69. The second kappa shape index (κ2) is 5.71. The van der Waals surface area contributed by atoms with E-state index in [2.05, 4.69) is 21.2 Å². The number of ether oxygens (including phenoxy) is 3. The van der Waals surface area contributed by atoms with Crippen LogP contribution in [0.3, 0.4) is 0 Å². The van der Waals surface area contributed by atoms with Crippen LogP contribution in [0.5, 0.6) is 11.5 Å². The summed E-state index contributed by atoms with van der Waals surface area (Å²) in [6, 6.07) is 3.94. The van der Waals surface area contributed by atoms with Gasteiger partial charge in [-0.25, -0.2) is 0 Å². The van der Waals surface area contributed by atoms with E-state index in [4.69, 9.17) is 14.2 Å². The first-order valence-electron chi connectivity index (χ1n) is 5.52. The zero-order chi connectivity index (χ0) is 12.3. The average molecular weight is 302 g/mol. The van der Waals surface area contributed by atoms with E-state index < -0.39 is 0 Å². The summed E-state index contributed by atoms with van der Waals surface area (Å²) in [5.74, 6) is 1.61. The molecule has 1 N–H and O–H groups in total. The molecule has 1 aromatic carbocycles. The third kappa shape index (κ3) is 3.12. The van der Waals surface area contributed by atoms with Crippen LogP contribution in [-0.2, 0) is 11.3 Å². The van der Waals surface area contributed by atoms with Gasteiger partial charge in [0.25, 0.3) is 0 Å². The summed E-state index contributed by atoms with van der Waals surface area (Å²) < 4.78 is 16.8. The first-order valence-corrected chi connectivity index (χ1v) is 6.31. The van der Waals surface area contributed by atoms with Gasteiger partial charge in [-0.3, -0.25) is 0 Å². The maximum absolute atomic E-state index is 5.35. The molecule has 0 aromatic heterocycles. The fraction of sp³-hybridized carbons (Fsp3) is 0.500. The van der Waals surface area contributed by atoms with Gasteiger partial charge in [0, 0.05) is 24.7 Å². The van der Waals surface area contributed by atoms with Crippen LogP contribution in [0, 0.1) is 0 Å². The highest BCUT2D eigenvalue weighted by Crippen LogP contribution is 2.36. The quantitative estimate of drug-likeness (QED) is 0.906. The molecule has 5 heteroatoms. The molecule has 0 bridgehead atoms. The van der Waals surface area contributed by atoms with E-state index in [9.17, 15) is 0 Å². The average Bonchev–Trinajstić information content (AvgIpc) is 2.76. The molecule has 0 saturated carbocycles. The van der Waals surface area contributed by atoms with Crippen molar-refractivity contribution in [1.82, 2.24) is 5.32 Å². The lowest BCUT2D eigenvalue weighted by molar-refractivity contribution is 0.117. The second-order valence-corrected chi connectivity index (χ2v) is 4.83. The molecule has 1 aliphatic heterocycles. The van der Waals surface area contributed by atoms with Crippen LogP contribution in [-0.4, -0.2) is 26.6 Å². The molecule has 1 heterocycles. The molecule has 0 saturated heterocycles. The van der Waals surface area contributed by atoms with Gasteiger partial charge in [-0.2, -0.15) is 0 Å². The number of hydrogen-bond acceptors (Lipinski definition) is 4. The van der Waals surface area contributed by atoms with Crippen LogP contribution >= 0.6 is 15.9 Å². The second-order valence-electron chi connectivity index (χ2n) is 3.97. The Bertz CT molecular complexity index is 398. The molecule has 0 fully saturated rings. The van der Waals surface area contributed by atoms with Gasteiger partial charge in [0.05, 0.1) is 6.10 Å². The van der Waals surface area contributed by atoms with Crippen molar-refractivity contribution in [3.8, 4) is 11.5 Å². The predicted octanol–water partition coefficient (Wildman–Crippen LogP) is 2.30. The number of rotatable bonds is 5. The number of halogens is 1. The lowest BCUT2D eigenvalue weighted by atomic mass is 10.2. The van der Waals surface area contributed by atoms with E-state index in [0.717, 1.165) is 34.6 Å². The molecule has 1 atom stereocenters. The van der Waals surface area contributed by atoms with Crippen molar-refractivity contribution in [1.29, 1.82) is 0 Å². The summed E-state index contributed by atoms with van der Waals surface area (Å²) >= 11 is 3.53. The maximum atomic E-state index is 5.35. The molecule has 2 rings (SSSR count). The summed E-state index contributed by atoms with van der Waals surface area (Å²) in [5.41, 5.74) is 1.15. The highest BCUT2D eigenvalue weighted by Gasteiger charge is 2.16. The van der Waals surface area contributed by atoms with Gasteiger partial charge in [0.1, 0.15) is 0 Å². The van der Waals surface area contributed by atoms with Crippen LogP contribution in [0.2, 0.25) is 0 Å². The minimum absolute atomic E-state index is 0.211. The largest absolute Gasteiger partial charge is 0.454 e. The Morgan fingerprint density at radius 1 is 1.41 bits per heavy atom. The molecule has 1 unspecified atom stereocenters. The van der Waals surface area contributed by atoms with Crippen molar-refractivity contribution in [2.45, 2.75) is 19.6 Å². The zero-order valence-electron chi connectivity index (χ0n) is 9.96. The highest BCUT2D eigenvalue weighted by atomic mass is 79.9. The van der Waals surface area contributed by atoms with E-state index >= 15 is 0 Å². The fourth-order valence-electron chi connectivity index (χ4n) is 1.59. The Kier molecular flexibility index (Phi) is 4.25. The molecular weight excluding hydrogens is 286 g/mol. The van der Waals surface area contributed by atoms with Crippen molar-refractivity contribution in [3.63, 3.8) is 0 Å². The normalized spacial score (nSPS) is 15.0. The van der Waals surface area contributed by atoms with Crippen LogP contribution in [0.15, 0.2) is 16.6 Å². The molecule has 4 nitrogen and oxygen atoms in total. The van der Waals surface area contributed by atoms with Crippen molar-refractivity contribution < 1.29 is 14.2 Å². The van der Waals surface area contributed by atoms with E-state index in [1.165, 1.54) is 0 Å². The summed E-state index contributed by atoms with van der Waals surface area (Å²) in [7, 11) is 1.71. The smallest absolute Gasteiger partial charge is 0.231 e. The fourth-order valence-corrected chi connectivity index (χ4v) is 2.05. The van der Waals surface area contributed by atoms with Crippen molar-refractivity contribution in [3.05, 3.63) is 22.2 Å². The van der Waals surface area contributed by atoms with E-state index in [0.29, 0.717) is 6.79 Å². The zero-order valence-corrected chi connectivity index (χ0v) is 11.5. The predicted molar refractivity (Wildman–Crippen MR) is 68.4 cm³/mol. The van der Waals surface area contributed by atoms with Gasteiger partial charge in [-0.15, -0.1) is 0 Å². The van der Waals surface area contributed by atoms with Crippen LogP contribution in [0.4, 0.5) is 0 Å². The van der Waals surface area contributed by atoms with Gasteiger partial charge in [0.2, 0.25) is 6.79 Å². The molecule has 17 heavy (non-hydrogen) atoms. The van der Waals surface area contributed by atoms with E-state index in [1.807, 2.05) is 19.1 Å². The van der Waals surface area contributed by atoms with E-state index in [-0.39, 0.29) is 6.10 Å². The molecule has 0 spiro atoms. The number of methoxy groups -OCH3 is 1. The topological polar surface area (TPSA) is 39.7 Å².